The second kappa shape index (κ2) is 9.41. The number of rotatable bonds is 7. The van der Waals surface area contributed by atoms with Crippen molar-refractivity contribution in [1.29, 1.82) is 0 Å². The first-order chi connectivity index (χ1) is 14.1. The summed E-state index contributed by atoms with van der Waals surface area (Å²) in [4.78, 5) is 38.3. The first-order valence-corrected chi connectivity index (χ1v) is 8.98. The van der Waals surface area contributed by atoms with Crippen LogP contribution in [-0.2, 0) is 11.2 Å². The fourth-order valence-corrected chi connectivity index (χ4v) is 2.64. The van der Waals surface area contributed by atoms with Gasteiger partial charge in [-0.3, -0.25) is 9.78 Å². The highest BCUT2D eigenvalue weighted by atomic mass is 16.5. The average molecular weight is 391 g/mol. The maximum absolute atomic E-state index is 12.5. The zero-order valence-electron chi connectivity index (χ0n) is 16.2. The number of methoxy groups -OCH3 is 1. The van der Waals surface area contributed by atoms with Crippen molar-refractivity contribution < 1.29 is 14.3 Å². The number of benzene rings is 1. The van der Waals surface area contributed by atoms with Crippen molar-refractivity contribution in [2.24, 2.45) is 0 Å². The van der Waals surface area contributed by atoms with Crippen molar-refractivity contribution in [2.45, 2.75) is 6.42 Å². The van der Waals surface area contributed by atoms with Crippen molar-refractivity contribution in [1.82, 2.24) is 15.0 Å². The number of esters is 1. The summed E-state index contributed by atoms with van der Waals surface area (Å²) in [6.45, 7) is 0.733. The summed E-state index contributed by atoms with van der Waals surface area (Å²) in [5.41, 5.74) is 2.39. The minimum Gasteiger partial charge on any atom is -0.465 e. The molecular formula is C21H21N5O3. The summed E-state index contributed by atoms with van der Waals surface area (Å²) in [6, 6.07) is 12.0. The summed E-state index contributed by atoms with van der Waals surface area (Å²) < 4.78 is 4.66. The summed E-state index contributed by atoms with van der Waals surface area (Å²) in [6.07, 6.45) is 5.73. The minimum absolute atomic E-state index is 0.253. The Hall–Kier alpha value is -3.81. The molecule has 0 aliphatic carbocycles. The highest BCUT2D eigenvalue weighted by Gasteiger charge is 2.12. The lowest BCUT2D eigenvalue weighted by atomic mass is 10.2. The van der Waals surface area contributed by atoms with Gasteiger partial charge in [0.25, 0.3) is 5.91 Å². The van der Waals surface area contributed by atoms with E-state index in [9.17, 15) is 9.59 Å². The zero-order chi connectivity index (χ0) is 20.6. The summed E-state index contributed by atoms with van der Waals surface area (Å²) >= 11 is 0. The molecule has 0 atom stereocenters. The van der Waals surface area contributed by atoms with E-state index in [-0.39, 0.29) is 11.6 Å². The molecule has 3 aromatic rings. The number of pyridine rings is 1. The molecule has 0 radical (unpaired) electrons. The first-order valence-electron chi connectivity index (χ1n) is 8.98. The lowest BCUT2D eigenvalue weighted by molar-refractivity contribution is 0.0600. The van der Waals surface area contributed by atoms with Crippen molar-refractivity contribution in [2.75, 3.05) is 30.9 Å². The Labute approximate surface area is 168 Å². The Morgan fingerprint density at radius 1 is 1.07 bits per heavy atom. The number of hydrogen-bond acceptors (Lipinski definition) is 7. The van der Waals surface area contributed by atoms with Crippen molar-refractivity contribution in [3.63, 3.8) is 0 Å². The van der Waals surface area contributed by atoms with Crippen LogP contribution in [0.4, 0.5) is 11.5 Å². The molecule has 3 rings (SSSR count). The number of carbonyl (C=O) groups is 2. The molecule has 8 nitrogen and oxygen atoms in total. The highest BCUT2D eigenvalue weighted by molar-refractivity contribution is 6.03. The number of ether oxygens (including phenoxy) is 1. The third-order valence-corrected chi connectivity index (χ3v) is 4.33. The molecule has 8 heteroatoms. The van der Waals surface area contributed by atoms with Gasteiger partial charge in [0.2, 0.25) is 0 Å². The third-order valence-electron chi connectivity index (χ3n) is 4.33. The molecule has 29 heavy (non-hydrogen) atoms. The second-order valence-electron chi connectivity index (χ2n) is 6.31. The van der Waals surface area contributed by atoms with Gasteiger partial charge in [-0.15, -0.1) is 0 Å². The lowest BCUT2D eigenvalue weighted by Crippen LogP contribution is -2.23. The van der Waals surface area contributed by atoms with Gasteiger partial charge < -0.3 is 15.0 Å². The normalized spacial score (nSPS) is 10.3. The van der Waals surface area contributed by atoms with Gasteiger partial charge in [-0.25, -0.2) is 14.8 Å². The van der Waals surface area contributed by atoms with Gasteiger partial charge in [-0.2, -0.15) is 0 Å². The molecule has 0 saturated heterocycles. The average Bonchev–Trinajstić information content (AvgIpc) is 2.78. The molecule has 0 unspecified atom stereocenters. The SMILES string of the molecule is COC(=O)c1ccc(NC(=O)c2cc(N(C)CCc3ccncc3)ncn2)cc1. The van der Waals surface area contributed by atoms with Gasteiger partial charge in [0, 0.05) is 37.7 Å². The maximum Gasteiger partial charge on any atom is 0.337 e. The van der Waals surface area contributed by atoms with Gasteiger partial charge in [0.15, 0.2) is 0 Å². The molecule has 2 heterocycles. The third kappa shape index (κ3) is 5.35. The maximum atomic E-state index is 12.5. The Morgan fingerprint density at radius 2 is 1.79 bits per heavy atom. The van der Waals surface area contributed by atoms with Crippen molar-refractivity contribution in [3.8, 4) is 0 Å². The van der Waals surface area contributed by atoms with Crippen LogP contribution in [0, 0.1) is 0 Å². The van der Waals surface area contributed by atoms with E-state index < -0.39 is 5.97 Å². The number of nitrogens with one attached hydrogen (secondary N) is 1. The molecule has 0 fully saturated rings. The molecule has 1 amide bonds. The number of likely N-dealkylation sites (N-methyl/N-ethyl adjacent to an activating group) is 1. The van der Waals surface area contributed by atoms with E-state index >= 15 is 0 Å². The molecular weight excluding hydrogens is 370 g/mol. The number of nitrogens with zero attached hydrogens (tertiary/aromatic N) is 4. The number of carbonyl (C=O) groups excluding carboxylic acids is 2. The predicted octanol–water partition coefficient (Wildman–Crippen LogP) is 2.59. The van der Waals surface area contributed by atoms with Crippen LogP contribution in [-0.4, -0.2) is 47.5 Å². The van der Waals surface area contributed by atoms with E-state index in [1.54, 1.807) is 42.7 Å². The van der Waals surface area contributed by atoms with Crippen LogP contribution in [0.2, 0.25) is 0 Å². The monoisotopic (exact) mass is 391 g/mol. The molecule has 0 saturated carbocycles. The van der Waals surface area contributed by atoms with E-state index in [4.69, 9.17) is 0 Å². The second-order valence-corrected chi connectivity index (χ2v) is 6.31. The van der Waals surface area contributed by atoms with Crippen LogP contribution >= 0.6 is 0 Å². The van der Waals surface area contributed by atoms with Crippen LogP contribution in [0.25, 0.3) is 0 Å². The van der Waals surface area contributed by atoms with Crippen LogP contribution in [0.1, 0.15) is 26.4 Å². The summed E-state index contributed by atoms with van der Waals surface area (Å²) in [7, 11) is 3.23. The minimum atomic E-state index is -0.432. The molecule has 0 aliphatic heterocycles. The lowest BCUT2D eigenvalue weighted by Gasteiger charge is -2.18. The Kier molecular flexibility index (Phi) is 6.47. The van der Waals surface area contributed by atoms with Crippen LogP contribution in [0.15, 0.2) is 61.2 Å². The molecule has 1 aromatic carbocycles. The van der Waals surface area contributed by atoms with Crippen LogP contribution in [0.5, 0.6) is 0 Å². The number of aromatic nitrogens is 3. The van der Waals surface area contributed by atoms with Gasteiger partial charge >= 0.3 is 5.97 Å². The Morgan fingerprint density at radius 3 is 2.48 bits per heavy atom. The quantitative estimate of drug-likeness (QED) is 0.618. The number of amides is 1. The van der Waals surface area contributed by atoms with Crippen molar-refractivity contribution >= 4 is 23.4 Å². The zero-order valence-corrected chi connectivity index (χ0v) is 16.2. The van der Waals surface area contributed by atoms with E-state index in [1.165, 1.54) is 19.0 Å². The smallest absolute Gasteiger partial charge is 0.337 e. The number of hydrogen-bond donors (Lipinski definition) is 1. The van der Waals surface area contributed by atoms with E-state index in [0.29, 0.717) is 17.1 Å². The standard InChI is InChI=1S/C21H21N5O3/c1-26(12-9-15-7-10-22-11-8-15)19-13-18(23-14-24-19)20(27)25-17-5-3-16(4-6-17)21(28)29-2/h3-8,10-11,13-14H,9,12H2,1-2H3,(H,25,27). The van der Waals surface area contributed by atoms with Gasteiger partial charge in [-0.05, 0) is 48.4 Å². The van der Waals surface area contributed by atoms with Crippen LogP contribution in [0.3, 0.4) is 0 Å². The topological polar surface area (TPSA) is 97.3 Å². The van der Waals surface area contributed by atoms with E-state index in [1.807, 2.05) is 24.1 Å². The predicted molar refractivity (Wildman–Crippen MR) is 109 cm³/mol. The number of anilines is 2. The Bertz CT molecular complexity index is 977. The summed E-state index contributed by atoms with van der Waals surface area (Å²) in [5, 5.41) is 2.76. The fourth-order valence-electron chi connectivity index (χ4n) is 2.64. The summed E-state index contributed by atoms with van der Waals surface area (Å²) in [5.74, 6) is -0.139. The molecule has 148 valence electrons. The Balaban J connectivity index is 1.63. The van der Waals surface area contributed by atoms with E-state index in [2.05, 4.69) is 25.0 Å². The first kappa shape index (κ1) is 19.9. The molecule has 1 N–H and O–H groups in total. The van der Waals surface area contributed by atoms with E-state index in [0.717, 1.165) is 13.0 Å². The highest BCUT2D eigenvalue weighted by Crippen LogP contribution is 2.14. The molecule has 0 bridgehead atoms. The molecule has 0 spiro atoms. The van der Waals surface area contributed by atoms with Gasteiger partial charge in [0.05, 0.1) is 12.7 Å². The van der Waals surface area contributed by atoms with Gasteiger partial charge in [0.1, 0.15) is 17.8 Å². The fraction of sp³-hybridized carbons (Fsp3) is 0.190. The van der Waals surface area contributed by atoms with Crippen LogP contribution < -0.4 is 10.2 Å². The van der Waals surface area contributed by atoms with Crippen molar-refractivity contribution in [3.05, 3.63) is 78.0 Å². The largest absolute Gasteiger partial charge is 0.465 e. The molecule has 2 aromatic heterocycles. The molecule has 0 aliphatic rings. The van der Waals surface area contributed by atoms with Gasteiger partial charge in [-0.1, -0.05) is 0 Å².